The van der Waals surface area contributed by atoms with Crippen LogP contribution in [0.25, 0.3) is 0 Å². The van der Waals surface area contributed by atoms with Gasteiger partial charge in [0.15, 0.2) is 6.61 Å². The predicted octanol–water partition coefficient (Wildman–Crippen LogP) is 1.16. The first-order valence-electron chi connectivity index (χ1n) is 10.1. The lowest BCUT2D eigenvalue weighted by Gasteiger charge is -2.26. The Bertz CT molecular complexity index is 716. The summed E-state index contributed by atoms with van der Waals surface area (Å²) >= 11 is 0. The number of rotatable bonds is 5. The van der Waals surface area contributed by atoms with Crippen LogP contribution >= 0.6 is 0 Å². The van der Waals surface area contributed by atoms with Crippen molar-refractivity contribution in [1.29, 1.82) is 0 Å². The molecule has 0 aromatic heterocycles. The smallest absolute Gasteiger partial charge is 0.260 e. The van der Waals surface area contributed by atoms with Gasteiger partial charge in [-0.05, 0) is 43.5 Å². The van der Waals surface area contributed by atoms with Crippen molar-refractivity contribution >= 4 is 11.8 Å². The molecule has 0 spiro atoms. The van der Waals surface area contributed by atoms with Crippen LogP contribution in [-0.2, 0) is 9.53 Å². The van der Waals surface area contributed by atoms with E-state index >= 15 is 0 Å². The zero-order valence-corrected chi connectivity index (χ0v) is 16.1. The molecule has 0 radical (unpaired) electrons. The van der Waals surface area contributed by atoms with Gasteiger partial charge in [0.2, 0.25) is 0 Å². The average Bonchev–Trinajstić information content (AvgIpc) is 3.30. The molecule has 3 aliphatic rings. The predicted molar refractivity (Wildman–Crippen MR) is 102 cm³/mol. The van der Waals surface area contributed by atoms with Crippen molar-refractivity contribution in [3.05, 3.63) is 29.8 Å². The second-order valence-corrected chi connectivity index (χ2v) is 8.17. The highest BCUT2D eigenvalue weighted by atomic mass is 16.5. The summed E-state index contributed by atoms with van der Waals surface area (Å²) in [7, 11) is 0. The van der Waals surface area contributed by atoms with Crippen LogP contribution in [-0.4, -0.2) is 79.3 Å². The standard InChI is InChI=1S/C21H28N2O5/c24-14-21-13-23(10-17(21)11-27-15-21)20(26)16-4-6-18(7-5-16)28-12-19(25)22-8-2-1-3-9-22/h4-7,17,24H,1-3,8-15H2/t17-,21-/m0/s1. The number of hydrogen-bond acceptors (Lipinski definition) is 5. The molecule has 1 aromatic rings. The van der Waals surface area contributed by atoms with Gasteiger partial charge in [-0.25, -0.2) is 0 Å². The molecule has 7 nitrogen and oxygen atoms in total. The van der Waals surface area contributed by atoms with Crippen LogP contribution in [0.1, 0.15) is 29.6 Å². The molecule has 152 valence electrons. The number of likely N-dealkylation sites (tertiary alicyclic amines) is 2. The molecule has 0 saturated carbocycles. The van der Waals surface area contributed by atoms with E-state index in [1.807, 2.05) is 4.90 Å². The van der Waals surface area contributed by atoms with Crippen molar-refractivity contribution in [3.63, 3.8) is 0 Å². The molecular weight excluding hydrogens is 360 g/mol. The zero-order valence-electron chi connectivity index (χ0n) is 16.1. The van der Waals surface area contributed by atoms with E-state index in [1.165, 1.54) is 6.42 Å². The van der Waals surface area contributed by atoms with Gasteiger partial charge in [0, 0.05) is 43.1 Å². The van der Waals surface area contributed by atoms with Gasteiger partial charge in [-0.1, -0.05) is 0 Å². The summed E-state index contributed by atoms with van der Waals surface area (Å²) in [6.45, 7) is 3.94. The number of ether oxygens (including phenoxy) is 2. The van der Waals surface area contributed by atoms with Crippen LogP contribution in [0.3, 0.4) is 0 Å². The summed E-state index contributed by atoms with van der Waals surface area (Å²) in [6, 6.07) is 6.94. The highest BCUT2D eigenvalue weighted by Gasteiger charge is 2.51. The Morgan fingerprint density at radius 2 is 1.89 bits per heavy atom. The number of nitrogens with zero attached hydrogens (tertiary/aromatic N) is 2. The summed E-state index contributed by atoms with van der Waals surface area (Å²) in [4.78, 5) is 28.7. The summed E-state index contributed by atoms with van der Waals surface area (Å²) in [5.74, 6) is 0.753. The first-order chi connectivity index (χ1) is 13.6. The molecule has 4 rings (SSSR count). The van der Waals surface area contributed by atoms with E-state index in [0.717, 1.165) is 25.9 Å². The quantitative estimate of drug-likeness (QED) is 0.819. The number of aliphatic hydroxyl groups is 1. The normalized spacial score (nSPS) is 27.0. The molecule has 0 unspecified atom stereocenters. The van der Waals surface area contributed by atoms with Gasteiger partial charge < -0.3 is 24.4 Å². The van der Waals surface area contributed by atoms with E-state index in [9.17, 15) is 14.7 Å². The summed E-state index contributed by atoms with van der Waals surface area (Å²) in [5, 5.41) is 9.77. The Hall–Kier alpha value is -2.12. The van der Waals surface area contributed by atoms with Gasteiger partial charge in [0.25, 0.3) is 11.8 Å². The van der Waals surface area contributed by atoms with Gasteiger partial charge in [0.05, 0.1) is 19.8 Å². The van der Waals surface area contributed by atoms with Gasteiger partial charge in [0.1, 0.15) is 5.75 Å². The fraction of sp³-hybridized carbons (Fsp3) is 0.619. The SMILES string of the molecule is O=C(COc1ccc(C(=O)N2C[C@H]3COC[C@@]3(CO)C2)cc1)N1CCCCC1. The number of fused-ring (bicyclic) bond motifs is 1. The molecule has 28 heavy (non-hydrogen) atoms. The Balaban J connectivity index is 1.32. The summed E-state index contributed by atoms with van der Waals surface area (Å²) in [6.07, 6.45) is 3.30. The van der Waals surface area contributed by atoms with Crippen LogP contribution in [0.5, 0.6) is 5.75 Å². The molecule has 1 aromatic carbocycles. The van der Waals surface area contributed by atoms with E-state index in [-0.39, 0.29) is 36.4 Å². The second-order valence-electron chi connectivity index (χ2n) is 8.17. The minimum atomic E-state index is -0.312. The van der Waals surface area contributed by atoms with Gasteiger partial charge in [-0.15, -0.1) is 0 Å². The van der Waals surface area contributed by atoms with Crippen LogP contribution in [0, 0.1) is 11.3 Å². The lowest BCUT2D eigenvalue weighted by molar-refractivity contribution is -0.134. The third-order valence-electron chi connectivity index (χ3n) is 6.30. The minimum Gasteiger partial charge on any atom is -0.484 e. The van der Waals surface area contributed by atoms with Gasteiger partial charge in [-0.3, -0.25) is 9.59 Å². The van der Waals surface area contributed by atoms with E-state index < -0.39 is 0 Å². The Kier molecular flexibility index (Phi) is 5.55. The first-order valence-corrected chi connectivity index (χ1v) is 10.1. The molecule has 0 aliphatic carbocycles. The zero-order chi connectivity index (χ0) is 19.6. The van der Waals surface area contributed by atoms with Gasteiger partial charge in [-0.2, -0.15) is 0 Å². The Labute approximate surface area is 165 Å². The molecule has 2 amide bonds. The number of piperidine rings is 1. The monoisotopic (exact) mass is 388 g/mol. The molecule has 7 heteroatoms. The molecule has 3 aliphatic heterocycles. The third-order valence-corrected chi connectivity index (χ3v) is 6.30. The number of carbonyl (C=O) groups is 2. The van der Waals surface area contributed by atoms with E-state index in [1.54, 1.807) is 29.2 Å². The molecule has 3 saturated heterocycles. The maximum Gasteiger partial charge on any atom is 0.260 e. The molecular formula is C21H28N2O5. The van der Waals surface area contributed by atoms with E-state index in [0.29, 0.717) is 37.6 Å². The molecule has 1 N–H and O–H groups in total. The van der Waals surface area contributed by atoms with Crippen LogP contribution in [0.4, 0.5) is 0 Å². The van der Waals surface area contributed by atoms with Crippen molar-refractivity contribution in [2.45, 2.75) is 19.3 Å². The van der Waals surface area contributed by atoms with Crippen molar-refractivity contribution in [2.75, 3.05) is 52.6 Å². The van der Waals surface area contributed by atoms with Crippen molar-refractivity contribution in [2.24, 2.45) is 11.3 Å². The largest absolute Gasteiger partial charge is 0.484 e. The Morgan fingerprint density at radius 1 is 1.14 bits per heavy atom. The highest BCUT2D eigenvalue weighted by Crippen LogP contribution is 2.41. The maximum absolute atomic E-state index is 12.8. The topological polar surface area (TPSA) is 79.3 Å². The van der Waals surface area contributed by atoms with E-state index in [2.05, 4.69) is 0 Å². The number of amides is 2. The lowest BCUT2D eigenvalue weighted by atomic mass is 9.82. The second kappa shape index (κ2) is 8.09. The molecule has 0 bridgehead atoms. The third kappa shape index (κ3) is 3.73. The average molecular weight is 388 g/mol. The van der Waals surface area contributed by atoms with Gasteiger partial charge >= 0.3 is 0 Å². The molecule has 2 atom stereocenters. The fourth-order valence-corrected chi connectivity index (χ4v) is 4.47. The number of hydrogen-bond donors (Lipinski definition) is 1. The van der Waals surface area contributed by atoms with Crippen molar-refractivity contribution in [1.82, 2.24) is 9.80 Å². The molecule has 3 fully saturated rings. The maximum atomic E-state index is 12.8. The minimum absolute atomic E-state index is 0.0139. The van der Waals surface area contributed by atoms with Crippen LogP contribution in [0.15, 0.2) is 24.3 Å². The highest BCUT2D eigenvalue weighted by molar-refractivity contribution is 5.94. The summed E-state index contributed by atoms with van der Waals surface area (Å²) < 4.78 is 11.1. The van der Waals surface area contributed by atoms with Crippen LogP contribution < -0.4 is 4.74 Å². The summed E-state index contributed by atoms with van der Waals surface area (Å²) in [5.41, 5.74) is 0.275. The van der Waals surface area contributed by atoms with E-state index in [4.69, 9.17) is 9.47 Å². The fourth-order valence-electron chi connectivity index (χ4n) is 4.47. The number of benzene rings is 1. The van der Waals surface area contributed by atoms with Crippen molar-refractivity contribution in [3.8, 4) is 5.75 Å². The van der Waals surface area contributed by atoms with Crippen LogP contribution in [0.2, 0.25) is 0 Å². The number of aliphatic hydroxyl groups excluding tert-OH is 1. The Morgan fingerprint density at radius 3 is 2.57 bits per heavy atom. The molecule has 3 heterocycles. The number of carbonyl (C=O) groups excluding carboxylic acids is 2. The lowest BCUT2D eigenvalue weighted by Crippen LogP contribution is -2.38. The van der Waals surface area contributed by atoms with Crippen molar-refractivity contribution < 1.29 is 24.2 Å². The first kappa shape index (κ1) is 19.2.